The van der Waals surface area contributed by atoms with Gasteiger partial charge in [0.25, 0.3) is 0 Å². The van der Waals surface area contributed by atoms with E-state index in [2.05, 4.69) is 53.5 Å². The summed E-state index contributed by atoms with van der Waals surface area (Å²) in [6.07, 6.45) is 3.84. The van der Waals surface area contributed by atoms with Crippen molar-refractivity contribution in [3.05, 3.63) is 82.2 Å². The van der Waals surface area contributed by atoms with Gasteiger partial charge in [0.15, 0.2) is 0 Å². The Balaban J connectivity index is 1.34. The third-order valence-electron chi connectivity index (χ3n) is 7.06. The van der Waals surface area contributed by atoms with Gasteiger partial charge in [0.1, 0.15) is 17.7 Å². The van der Waals surface area contributed by atoms with Crippen LogP contribution in [0, 0.1) is 19.7 Å². The molecular formula is C28H27FN4O. The van der Waals surface area contributed by atoms with Crippen LogP contribution < -0.4 is 4.74 Å². The number of aromatic nitrogens is 4. The Bertz CT molecular complexity index is 1370. The van der Waals surface area contributed by atoms with Gasteiger partial charge < -0.3 is 4.74 Å². The van der Waals surface area contributed by atoms with Crippen LogP contribution in [0.2, 0.25) is 0 Å². The predicted molar refractivity (Wildman–Crippen MR) is 129 cm³/mol. The molecule has 1 saturated carbocycles. The zero-order chi connectivity index (χ0) is 23.4. The van der Waals surface area contributed by atoms with Crippen molar-refractivity contribution in [1.29, 1.82) is 0 Å². The number of hydrogen-bond acceptors (Lipinski definition) is 4. The van der Waals surface area contributed by atoms with Gasteiger partial charge in [-0.2, -0.15) is 4.80 Å². The number of halogens is 1. The Morgan fingerprint density at radius 1 is 0.971 bits per heavy atom. The minimum atomic E-state index is -0.273. The number of hydrogen-bond donors (Lipinski definition) is 0. The van der Waals surface area contributed by atoms with Crippen LogP contribution in [0.3, 0.4) is 0 Å². The maximum Gasteiger partial charge on any atom is 0.204 e. The Kier molecular flexibility index (Phi) is 4.97. The lowest BCUT2D eigenvalue weighted by Gasteiger charge is -2.19. The largest absolute Gasteiger partial charge is 0.486 e. The number of benzene rings is 3. The summed E-state index contributed by atoms with van der Waals surface area (Å²) in [5.74, 6) is 1.93. The van der Waals surface area contributed by atoms with Crippen molar-refractivity contribution in [3.8, 4) is 28.3 Å². The van der Waals surface area contributed by atoms with E-state index in [1.54, 1.807) is 13.1 Å². The molecule has 6 rings (SSSR count). The van der Waals surface area contributed by atoms with Crippen LogP contribution in [0.15, 0.2) is 48.5 Å². The van der Waals surface area contributed by atoms with Crippen LogP contribution >= 0.6 is 0 Å². The Hall–Kier alpha value is -3.54. The summed E-state index contributed by atoms with van der Waals surface area (Å²) >= 11 is 0. The molecule has 4 aromatic rings. The standard InChI is InChI=1S/C28H27FN4O/c1-16-14-20(28-30-32-33(3)31-28)15-17(2)26(16)22-10-12-24(29)27-23(22)11-13-25(27)34-21-8-6-19(7-9-21)18-4-5-18/h6-10,12,14-15,18,25H,4-5,11,13H2,1-3H3/t25-/m1/s1. The van der Waals surface area contributed by atoms with Crippen molar-refractivity contribution >= 4 is 0 Å². The van der Waals surface area contributed by atoms with E-state index in [1.807, 2.05) is 18.2 Å². The summed E-state index contributed by atoms with van der Waals surface area (Å²) < 4.78 is 21.4. The zero-order valence-electron chi connectivity index (χ0n) is 19.7. The molecule has 1 heterocycles. The number of nitrogens with zero attached hydrogens (tertiary/aromatic N) is 4. The van der Waals surface area contributed by atoms with E-state index in [1.165, 1.54) is 23.2 Å². The van der Waals surface area contributed by atoms with Crippen LogP contribution in [0.25, 0.3) is 22.5 Å². The Morgan fingerprint density at radius 2 is 1.71 bits per heavy atom. The van der Waals surface area contributed by atoms with Gasteiger partial charge in [-0.1, -0.05) is 18.2 Å². The molecule has 34 heavy (non-hydrogen) atoms. The molecule has 1 atom stereocenters. The molecule has 0 spiro atoms. The van der Waals surface area contributed by atoms with Crippen molar-refractivity contribution < 1.29 is 9.13 Å². The molecule has 0 radical (unpaired) electrons. The van der Waals surface area contributed by atoms with Crippen molar-refractivity contribution in [2.75, 3.05) is 0 Å². The molecule has 0 amide bonds. The summed E-state index contributed by atoms with van der Waals surface area (Å²) in [6, 6.07) is 16.0. The molecule has 2 aliphatic carbocycles. The molecule has 0 saturated heterocycles. The molecule has 6 heteroatoms. The molecule has 1 aromatic heterocycles. The first-order valence-corrected chi connectivity index (χ1v) is 11.9. The van der Waals surface area contributed by atoms with Crippen molar-refractivity contribution in [1.82, 2.24) is 20.2 Å². The molecule has 2 aliphatic rings. The highest BCUT2D eigenvalue weighted by molar-refractivity contribution is 5.78. The average molecular weight is 455 g/mol. The van der Waals surface area contributed by atoms with Gasteiger partial charge in [0.2, 0.25) is 5.82 Å². The fourth-order valence-corrected chi connectivity index (χ4v) is 5.34. The highest BCUT2D eigenvalue weighted by Crippen LogP contribution is 2.44. The van der Waals surface area contributed by atoms with Gasteiger partial charge in [-0.05, 0) is 114 Å². The van der Waals surface area contributed by atoms with E-state index in [-0.39, 0.29) is 11.9 Å². The normalized spacial score (nSPS) is 17.1. The summed E-state index contributed by atoms with van der Waals surface area (Å²) in [4.78, 5) is 1.46. The van der Waals surface area contributed by atoms with Gasteiger partial charge >= 0.3 is 0 Å². The number of rotatable bonds is 5. The van der Waals surface area contributed by atoms with Crippen molar-refractivity contribution in [2.45, 2.75) is 51.6 Å². The van der Waals surface area contributed by atoms with Gasteiger partial charge in [-0.3, -0.25) is 0 Å². The van der Waals surface area contributed by atoms with E-state index in [4.69, 9.17) is 4.74 Å². The van der Waals surface area contributed by atoms with E-state index in [0.717, 1.165) is 52.0 Å². The Morgan fingerprint density at radius 3 is 2.35 bits per heavy atom. The lowest BCUT2D eigenvalue weighted by atomic mass is 9.89. The first-order valence-electron chi connectivity index (χ1n) is 11.9. The summed E-state index contributed by atoms with van der Waals surface area (Å²) in [5.41, 5.74) is 8.49. The fraction of sp³-hybridized carbons (Fsp3) is 0.321. The van der Waals surface area contributed by atoms with Gasteiger partial charge in [0.05, 0.1) is 7.05 Å². The van der Waals surface area contributed by atoms with Crippen LogP contribution in [-0.2, 0) is 13.5 Å². The summed E-state index contributed by atoms with van der Waals surface area (Å²) in [7, 11) is 1.76. The highest BCUT2D eigenvalue weighted by atomic mass is 19.1. The molecule has 1 fully saturated rings. The molecule has 0 bridgehead atoms. The summed E-state index contributed by atoms with van der Waals surface area (Å²) in [5, 5.41) is 12.4. The number of aryl methyl sites for hydroxylation is 3. The average Bonchev–Trinajstić information content (AvgIpc) is 3.44. The summed E-state index contributed by atoms with van der Waals surface area (Å²) in [6.45, 7) is 4.17. The Labute approximate surface area is 198 Å². The highest BCUT2D eigenvalue weighted by Gasteiger charge is 2.31. The quantitative estimate of drug-likeness (QED) is 0.358. The fourth-order valence-electron chi connectivity index (χ4n) is 5.34. The first kappa shape index (κ1) is 21.0. The SMILES string of the molecule is Cc1cc(-c2nnn(C)n2)cc(C)c1-c1ccc(F)c2c1CC[C@H]2Oc1ccc(C2CC2)cc1. The second-order valence-electron chi connectivity index (χ2n) is 9.56. The maximum atomic E-state index is 15.1. The van der Waals surface area contributed by atoms with E-state index in [0.29, 0.717) is 17.3 Å². The molecule has 3 aromatic carbocycles. The second kappa shape index (κ2) is 8.05. The third-order valence-corrected chi connectivity index (χ3v) is 7.06. The minimum Gasteiger partial charge on any atom is -0.486 e. The molecule has 172 valence electrons. The first-order chi connectivity index (χ1) is 16.5. The van der Waals surface area contributed by atoms with Gasteiger partial charge in [0, 0.05) is 11.1 Å². The predicted octanol–water partition coefficient (Wildman–Crippen LogP) is 6.24. The molecule has 0 aliphatic heterocycles. The minimum absolute atomic E-state index is 0.188. The van der Waals surface area contributed by atoms with Gasteiger partial charge in [-0.25, -0.2) is 4.39 Å². The van der Waals surface area contributed by atoms with Crippen LogP contribution in [-0.4, -0.2) is 20.2 Å². The number of ether oxygens (including phenoxy) is 1. The van der Waals surface area contributed by atoms with Crippen LogP contribution in [0.1, 0.15) is 59.1 Å². The lowest BCUT2D eigenvalue weighted by molar-refractivity contribution is 0.203. The second-order valence-corrected chi connectivity index (χ2v) is 9.56. The van der Waals surface area contributed by atoms with E-state index >= 15 is 4.39 Å². The zero-order valence-corrected chi connectivity index (χ0v) is 19.7. The molecule has 0 N–H and O–H groups in total. The molecule has 0 unspecified atom stereocenters. The van der Waals surface area contributed by atoms with E-state index < -0.39 is 0 Å². The monoisotopic (exact) mass is 454 g/mol. The smallest absolute Gasteiger partial charge is 0.204 e. The van der Waals surface area contributed by atoms with E-state index in [9.17, 15) is 0 Å². The van der Waals surface area contributed by atoms with Crippen LogP contribution in [0.4, 0.5) is 4.39 Å². The maximum absolute atomic E-state index is 15.1. The lowest BCUT2D eigenvalue weighted by Crippen LogP contribution is -2.06. The number of fused-ring (bicyclic) bond motifs is 1. The number of tetrazole rings is 1. The van der Waals surface area contributed by atoms with Crippen molar-refractivity contribution in [2.24, 2.45) is 7.05 Å². The van der Waals surface area contributed by atoms with Crippen molar-refractivity contribution in [3.63, 3.8) is 0 Å². The van der Waals surface area contributed by atoms with Crippen LogP contribution in [0.5, 0.6) is 5.75 Å². The van der Waals surface area contributed by atoms with Gasteiger partial charge in [-0.15, -0.1) is 10.2 Å². The molecular weight excluding hydrogens is 427 g/mol. The topological polar surface area (TPSA) is 52.8 Å². The third kappa shape index (κ3) is 3.67. The molecule has 5 nitrogen and oxygen atoms in total.